The molecule has 0 aromatic carbocycles. The SMILES string of the molecule is CC(C)OP(=O)(OC(C)C)SCC(C)C(=O)O. The summed E-state index contributed by atoms with van der Waals surface area (Å²) in [6.07, 6.45) is -0.459. The van der Waals surface area contributed by atoms with Crippen LogP contribution in [0.2, 0.25) is 0 Å². The van der Waals surface area contributed by atoms with Crippen molar-refractivity contribution in [1.29, 1.82) is 0 Å². The summed E-state index contributed by atoms with van der Waals surface area (Å²) in [7, 11) is 0. The van der Waals surface area contributed by atoms with E-state index in [9.17, 15) is 9.36 Å². The lowest BCUT2D eigenvalue weighted by Gasteiger charge is -2.22. The van der Waals surface area contributed by atoms with E-state index in [1.807, 2.05) is 0 Å². The van der Waals surface area contributed by atoms with Crippen molar-refractivity contribution in [3.8, 4) is 0 Å². The van der Waals surface area contributed by atoms with Crippen LogP contribution in [0.3, 0.4) is 0 Å². The van der Waals surface area contributed by atoms with Gasteiger partial charge in [-0.1, -0.05) is 6.92 Å². The van der Waals surface area contributed by atoms with E-state index < -0.39 is 18.7 Å². The van der Waals surface area contributed by atoms with Gasteiger partial charge in [0.15, 0.2) is 0 Å². The smallest absolute Gasteiger partial charge is 0.389 e. The van der Waals surface area contributed by atoms with E-state index in [2.05, 4.69) is 0 Å². The Labute approximate surface area is 107 Å². The fourth-order valence-corrected chi connectivity index (χ4v) is 5.25. The third-order valence-corrected chi connectivity index (χ3v) is 5.82. The molecule has 0 aromatic rings. The van der Waals surface area contributed by atoms with Crippen molar-refractivity contribution in [2.24, 2.45) is 5.92 Å². The lowest BCUT2D eigenvalue weighted by Crippen LogP contribution is -2.13. The molecule has 102 valence electrons. The predicted octanol–water partition coefficient (Wildman–Crippen LogP) is 3.40. The molecular weight excluding hydrogens is 263 g/mol. The fraction of sp³-hybridized carbons (Fsp3) is 0.900. The molecule has 1 N–H and O–H groups in total. The van der Waals surface area contributed by atoms with Crippen LogP contribution in [0.15, 0.2) is 0 Å². The molecule has 1 atom stereocenters. The van der Waals surface area contributed by atoms with E-state index in [1.165, 1.54) is 0 Å². The molecule has 0 aliphatic heterocycles. The molecule has 0 fully saturated rings. The molecular formula is C10H21O5PS. The highest BCUT2D eigenvalue weighted by Crippen LogP contribution is 2.62. The molecule has 0 heterocycles. The average molecular weight is 284 g/mol. The Morgan fingerprint density at radius 1 is 1.18 bits per heavy atom. The normalized spacial score (nSPS) is 14.3. The molecule has 7 heteroatoms. The Hall–Kier alpha value is -0.0300. The first-order chi connectivity index (χ1) is 7.66. The molecule has 0 saturated carbocycles. The molecule has 0 aliphatic rings. The van der Waals surface area contributed by atoms with E-state index in [0.717, 1.165) is 11.4 Å². The number of hydrogen-bond donors (Lipinski definition) is 1. The van der Waals surface area contributed by atoms with Crippen molar-refractivity contribution in [1.82, 2.24) is 0 Å². The van der Waals surface area contributed by atoms with Crippen molar-refractivity contribution in [2.75, 3.05) is 5.75 Å². The number of carboxylic acids is 1. The molecule has 0 spiro atoms. The van der Waals surface area contributed by atoms with Gasteiger partial charge in [-0.05, 0) is 39.1 Å². The Balaban J connectivity index is 4.49. The van der Waals surface area contributed by atoms with E-state index in [1.54, 1.807) is 34.6 Å². The second kappa shape index (κ2) is 7.41. The molecule has 0 bridgehead atoms. The maximum Gasteiger partial charge on any atom is 0.389 e. The predicted molar refractivity (Wildman–Crippen MR) is 69.3 cm³/mol. The summed E-state index contributed by atoms with van der Waals surface area (Å²) < 4.78 is 22.9. The highest BCUT2D eigenvalue weighted by atomic mass is 32.7. The molecule has 1 unspecified atom stereocenters. The first kappa shape index (κ1) is 17.0. The highest BCUT2D eigenvalue weighted by Gasteiger charge is 2.30. The summed E-state index contributed by atoms with van der Waals surface area (Å²) >= 11 is 0.947. The largest absolute Gasteiger partial charge is 0.481 e. The van der Waals surface area contributed by atoms with Gasteiger partial charge in [-0.15, -0.1) is 0 Å². The van der Waals surface area contributed by atoms with E-state index in [-0.39, 0.29) is 18.0 Å². The van der Waals surface area contributed by atoms with Crippen LogP contribution in [0, 0.1) is 5.92 Å². The van der Waals surface area contributed by atoms with Crippen LogP contribution in [0.1, 0.15) is 34.6 Å². The van der Waals surface area contributed by atoms with Gasteiger partial charge in [-0.25, -0.2) is 4.57 Å². The number of hydrogen-bond acceptors (Lipinski definition) is 5. The molecule has 0 aliphatic carbocycles. The van der Waals surface area contributed by atoms with Crippen LogP contribution in [-0.2, 0) is 18.4 Å². The monoisotopic (exact) mass is 284 g/mol. The zero-order valence-corrected chi connectivity index (χ0v) is 12.6. The number of rotatable bonds is 8. The maximum atomic E-state index is 12.3. The molecule has 0 rings (SSSR count). The third kappa shape index (κ3) is 7.82. The first-order valence-corrected chi connectivity index (χ1v) is 8.64. The minimum Gasteiger partial charge on any atom is -0.481 e. The van der Waals surface area contributed by atoms with Crippen LogP contribution in [0.5, 0.6) is 0 Å². The molecule has 17 heavy (non-hydrogen) atoms. The summed E-state index contributed by atoms with van der Waals surface area (Å²) in [6, 6.07) is 0. The maximum absolute atomic E-state index is 12.3. The summed E-state index contributed by atoms with van der Waals surface area (Å²) in [5.74, 6) is -1.30. The number of carbonyl (C=O) groups is 1. The van der Waals surface area contributed by atoms with Gasteiger partial charge in [0, 0.05) is 5.75 Å². The lowest BCUT2D eigenvalue weighted by atomic mass is 10.2. The average Bonchev–Trinajstić information content (AvgIpc) is 2.11. The Kier molecular flexibility index (Phi) is 7.40. The molecule has 0 radical (unpaired) electrons. The van der Waals surface area contributed by atoms with Gasteiger partial charge in [-0.3, -0.25) is 13.8 Å². The Bertz CT molecular complexity index is 278. The molecule has 5 nitrogen and oxygen atoms in total. The van der Waals surface area contributed by atoms with Gasteiger partial charge in [0.25, 0.3) is 0 Å². The van der Waals surface area contributed by atoms with Crippen LogP contribution in [0.25, 0.3) is 0 Å². The zero-order chi connectivity index (χ0) is 13.6. The molecule has 0 saturated heterocycles. The number of carboxylic acid groups (broad SMARTS) is 1. The van der Waals surface area contributed by atoms with Crippen molar-refractivity contribution in [3.05, 3.63) is 0 Å². The summed E-state index contributed by atoms with van der Waals surface area (Å²) in [5, 5.41) is 8.76. The van der Waals surface area contributed by atoms with Crippen LogP contribution >= 0.6 is 18.2 Å². The van der Waals surface area contributed by atoms with Crippen molar-refractivity contribution in [3.63, 3.8) is 0 Å². The quantitative estimate of drug-likeness (QED) is 0.689. The van der Waals surface area contributed by atoms with Gasteiger partial charge < -0.3 is 5.11 Å². The van der Waals surface area contributed by atoms with Gasteiger partial charge in [-0.2, -0.15) is 0 Å². The summed E-state index contributed by atoms with van der Waals surface area (Å²) in [4.78, 5) is 10.7. The van der Waals surface area contributed by atoms with Crippen LogP contribution in [-0.4, -0.2) is 29.0 Å². The Morgan fingerprint density at radius 3 is 1.88 bits per heavy atom. The zero-order valence-electron chi connectivity index (χ0n) is 10.9. The molecule has 0 aromatic heterocycles. The second-order valence-corrected chi connectivity index (χ2v) is 8.31. The first-order valence-electron chi connectivity index (χ1n) is 5.50. The highest BCUT2D eigenvalue weighted by molar-refractivity contribution is 8.55. The lowest BCUT2D eigenvalue weighted by molar-refractivity contribution is -0.140. The minimum atomic E-state index is -3.27. The fourth-order valence-electron chi connectivity index (χ4n) is 0.876. The summed E-state index contributed by atoms with van der Waals surface area (Å²) in [5.41, 5.74) is 0. The van der Waals surface area contributed by atoms with Gasteiger partial charge in [0.1, 0.15) is 0 Å². The van der Waals surface area contributed by atoms with E-state index in [0.29, 0.717) is 0 Å². The topological polar surface area (TPSA) is 72.8 Å². The van der Waals surface area contributed by atoms with Crippen LogP contribution in [0.4, 0.5) is 0 Å². The summed E-state index contributed by atoms with van der Waals surface area (Å²) in [6.45, 7) is 5.33. The van der Waals surface area contributed by atoms with Crippen molar-refractivity contribution >= 4 is 24.1 Å². The standard InChI is InChI=1S/C10H21O5PS/c1-7(2)14-16(13,15-8(3)4)17-6-9(5)10(11)12/h7-9H,6H2,1-5H3,(H,11,12). The second-order valence-electron chi connectivity index (χ2n) is 4.29. The van der Waals surface area contributed by atoms with Crippen molar-refractivity contribution in [2.45, 2.75) is 46.8 Å². The van der Waals surface area contributed by atoms with Crippen molar-refractivity contribution < 1.29 is 23.5 Å². The Morgan fingerprint density at radius 2 is 1.59 bits per heavy atom. The van der Waals surface area contributed by atoms with Gasteiger partial charge >= 0.3 is 12.8 Å². The van der Waals surface area contributed by atoms with Crippen LogP contribution < -0.4 is 0 Å². The number of aliphatic carboxylic acids is 1. The molecule has 0 amide bonds. The van der Waals surface area contributed by atoms with Gasteiger partial charge in [0.05, 0.1) is 18.1 Å². The minimum absolute atomic E-state index is 0.200. The van der Waals surface area contributed by atoms with E-state index in [4.69, 9.17) is 14.2 Å². The van der Waals surface area contributed by atoms with Gasteiger partial charge in [0.2, 0.25) is 0 Å². The van der Waals surface area contributed by atoms with E-state index >= 15 is 0 Å². The third-order valence-electron chi connectivity index (χ3n) is 1.58.